The monoisotopic (exact) mass is 250 g/mol. The van der Waals surface area contributed by atoms with E-state index in [-0.39, 0.29) is 5.91 Å². The first-order valence-corrected chi connectivity index (χ1v) is 6.34. The zero-order chi connectivity index (χ0) is 13.2. The fourth-order valence-electron chi connectivity index (χ4n) is 1.59. The average Bonchev–Trinajstić information content (AvgIpc) is 2.41. The molecule has 4 heteroatoms. The van der Waals surface area contributed by atoms with Gasteiger partial charge in [-0.1, -0.05) is 19.1 Å². The topological polar surface area (TPSA) is 50.4 Å². The molecular weight excluding hydrogens is 228 g/mol. The molecule has 0 radical (unpaired) electrons. The van der Waals surface area contributed by atoms with Gasteiger partial charge in [0, 0.05) is 25.9 Å². The van der Waals surface area contributed by atoms with Gasteiger partial charge in [0.05, 0.1) is 6.54 Å². The number of nitrogens with one attached hydrogen (secondary N) is 2. The fourth-order valence-corrected chi connectivity index (χ4v) is 1.59. The van der Waals surface area contributed by atoms with Gasteiger partial charge in [-0.3, -0.25) is 4.79 Å². The van der Waals surface area contributed by atoms with E-state index in [0.29, 0.717) is 19.7 Å². The molecule has 0 spiro atoms. The fraction of sp³-hybridized carbons (Fsp3) is 0.500. The van der Waals surface area contributed by atoms with Crippen LogP contribution < -0.4 is 10.6 Å². The van der Waals surface area contributed by atoms with Crippen LogP contribution in [0.3, 0.4) is 0 Å². The number of hydrogen-bond acceptors (Lipinski definition) is 3. The summed E-state index contributed by atoms with van der Waals surface area (Å²) in [5.74, 6) is 0.00741. The standard InChI is InChI=1S/C14H22N2O2/c1-3-12-6-4-7-13(10-12)16-11-14(17)15-8-5-9-18-2/h4,6-7,10,16H,3,5,8-9,11H2,1-2H3,(H,15,17). The molecule has 1 aromatic rings. The van der Waals surface area contributed by atoms with Crippen molar-refractivity contribution in [2.75, 3.05) is 32.1 Å². The number of anilines is 1. The van der Waals surface area contributed by atoms with Crippen molar-refractivity contribution < 1.29 is 9.53 Å². The molecule has 0 saturated carbocycles. The van der Waals surface area contributed by atoms with Crippen LogP contribution in [0.25, 0.3) is 0 Å². The third kappa shape index (κ3) is 5.68. The third-order valence-electron chi connectivity index (χ3n) is 2.64. The number of amides is 1. The molecule has 1 aromatic carbocycles. The summed E-state index contributed by atoms with van der Waals surface area (Å²) in [5.41, 5.74) is 2.25. The smallest absolute Gasteiger partial charge is 0.239 e. The van der Waals surface area contributed by atoms with Crippen molar-refractivity contribution in [1.82, 2.24) is 5.32 Å². The Morgan fingerprint density at radius 2 is 2.22 bits per heavy atom. The maximum Gasteiger partial charge on any atom is 0.239 e. The highest BCUT2D eigenvalue weighted by Gasteiger charge is 2.00. The van der Waals surface area contributed by atoms with Crippen LogP contribution in [0.5, 0.6) is 0 Å². The van der Waals surface area contributed by atoms with Gasteiger partial charge in [0.15, 0.2) is 0 Å². The Balaban J connectivity index is 2.24. The summed E-state index contributed by atoms with van der Waals surface area (Å²) in [7, 11) is 1.66. The van der Waals surface area contributed by atoms with Crippen molar-refractivity contribution >= 4 is 11.6 Å². The third-order valence-corrected chi connectivity index (χ3v) is 2.64. The molecule has 0 aromatic heterocycles. The van der Waals surface area contributed by atoms with E-state index < -0.39 is 0 Å². The van der Waals surface area contributed by atoms with E-state index in [2.05, 4.69) is 29.7 Å². The molecule has 2 N–H and O–H groups in total. The lowest BCUT2D eigenvalue weighted by atomic mass is 10.1. The first-order chi connectivity index (χ1) is 8.76. The van der Waals surface area contributed by atoms with Crippen LogP contribution in [0.1, 0.15) is 18.9 Å². The molecule has 4 nitrogen and oxygen atoms in total. The predicted molar refractivity (Wildman–Crippen MR) is 73.8 cm³/mol. The largest absolute Gasteiger partial charge is 0.385 e. The van der Waals surface area contributed by atoms with Gasteiger partial charge < -0.3 is 15.4 Å². The molecule has 100 valence electrons. The molecule has 1 rings (SSSR count). The minimum Gasteiger partial charge on any atom is -0.385 e. The van der Waals surface area contributed by atoms with Gasteiger partial charge in [0.25, 0.3) is 0 Å². The molecule has 0 atom stereocenters. The summed E-state index contributed by atoms with van der Waals surface area (Å²) in [5, 5.41) is 5.95. The first-order valence-electron chi connectivity index (χ1n) is 6.34. The van der Waals surface area contributed by atoms with Crippen molar-refractivity contribution in [3.05, 3.63) is 29.8 Å². The van der Waals surface area contributed by atoms with Crippen molar-refractivity contribution in [1.29, 1.82) is 0 Å². The number of ether oxygens (including phenoxy) is 1. The van der Waals surface area contributed by atoms with E-state index in [9.17, 15) is 4.79 Å². The Labute approximate surface area is 109 Å². The highest BCUT2D eigenvalue weighted by Crippen LogP contribution is 2.10. The van der Waals surface area contributed by atoms with E-state index >= 15 is 0 Å². The molecule has 0 heterocycles. The molecule has 0 aliphatic rings. The zero-order valence-corrected chi connectivity index (χ0v) is 11.2. The zero-order valence-electron chi connectivity index (χ0n) is 11.2. The molecule has 0 bridgehead atoms. The van der Waals surface area contributed by atoms with Gasteiger partial charge in [0.2, 0.25) is 5.91 Å². The highest BCUT2D eigenvalue weighted by molar-refractivity contribution is 5.80. The number of aryl methyl sites for hydroxylation is 1. The van der Waals surface area contributed by atoms with Gasteiger partial charge in [0.1, 0.15) is 0 Å². The van der Waals surface area contributed by atoms with Crippen LogP contribution >= 0.6 is 0 Å². The van der Waals surface area contributed by atoms with Gasteiger partial charge in [-0.15, -0.1) is 0 Å². The number of rotatable bonds is 8. The Kier molecular flexibility index (Phi) is 6.87. The number of methoxy groups -OCH3 is 1. The van der Waals surface area contributed by atoms with Gasteiger partial charge in [-0.2, -0.15) is 0 Å². The summed E-state index contributed by atoms with van der Waals surface area (Å²) in [6.45, 7) is 3.75. The highest BCUT2D eigenvalue weighted by atomic mass is 16.5. The summed E-state index contributed by atoms with van der Waals surface area (Å²) < 4.78 is 4.91. The summed E-state index contributed by atoms with van der Waals surface area (Å²) >= 11 is 0. The quantitative estimate of drug-likeness (QED) is 0.692. The van der Waals surface area contributed by atoms with Crippen LogP contribution in [0, 0.1) is 0 Å². The minimum atomic E-state index is 0.00741. The minimum absolute atomic E-state index is 0.00741. The second kappa shape index (κ2) is 8.53. The lowest BCUT2D eigenvalue weighted by Crippen LogP contribution is -2.31. The van der Waals surface area contributed by atoms with Crippen LogP contribution in [-0.2, 0) is 16.0 Å². The second-order valence-corrected chi connectivity index (χ2v) is 4.10. The normalized spacial score (nSPS) is 10.1. The lowest BCUT2D eigenvalue weighted by molar-refractivity contribution is -0.119. The van der Waals surface area contributed by atoms with E-state index in [1.54, 1.807) is 7.11 Å². The molecule has 18 heavy (non-hydrogen) atoms. The SMILES string of the molecule is CCc1cccc(NCC(=O)NCCCOC)c1. The molecule has 0 fully saturated rings. The van der Waals surface area contributed by atoms with E-state index in [0.717, 1.165) is 18.5 Å². The molecule has 0 aliphatic carbocycles. The summed E-state index contributed by atoms with van der Waals surface area (Å²) in [4.78, 5) is 11.5. The van der Waals surface area contributed by atoms with Crippen LogP contribution in [0.2, 0.25) is 0 Å². The summed E-state index contributed by atoms with van der Waals surface area (Å²) in [6.07, 6.45) is 1.84. The molecule has 0 unspecified atom stereocenters. The van der Waals surface area contributed by atoms with Gasteiger partial charge >= 0.3 is 0 Å². The Morgan fingerprint density at radius 1 is 1.39 bits per heavy atom. The molecule has 1 amide bonds. The Bertz CT molecular complexity index is 367. The van der Waals surface area contributed by atoms with E-state index in [1.165, 1.54) is 5.56 Å². The van der Waals surface area contributed by atoms with Crippen molar-refractivity contribution in [2.45, 2.75) is 19.8 Å². The predicted octanol–water partition coefficient (Wildman–Crippen LogP) is 1.81. The van der Waals surface area contributed by atoms with Crippen molar-refractivity contribution in [3.8, 4) is 0 Å². The molecule has 0 aliphatic heterocycles. The van der Waals surface area contributed by atoms with Gasteiger partial charge in [-0.25, -0.2) is 0 Å². The number of benzene rings is 1. The number of carbonyl (C=O) groups is 1. The molecule has 0 saturated heterocycles. The number of hydrogen-bond donors (Lipinski definition) is 2. The van der Waals surface area contributed by atoms with Gasteiger partial charge in [-0.05, 0) is 30.5 Å². The summed E-state index contributed by atoms with van der Waals surface area (Å²) in [6, 6.07) is 8.11. The van der Waals surface area contributed by atoms with Crippen LogP contribution in [0.15, 0.2) is 24.3 Å². The van der Waals surface area contributed by atoms with Crippen LogP contribution in [0.4, 0.5) is 5.69 Å². The van der Waals surface area contributed by atoms with E-state index in [4.69, 9.17) is 4.74 Å². The van der Waals surface area contributed by atoms with Crippen LogP contribution in [-0.4, -0.2) is 32.7 Å². The average molecular weight is 250 g/mol. The Hall–Kier alpha value is -1.55. The second-order valence-electron chi connectivity index (χ2n) is 4.10. The van der Waals surface area contributed by atoms with E-state index in [1.807, 2.05) is 12.1 Å². The van der Waals surface area contributed by atoms with Crippen molar-refractivity contribution in [3.63, 3.8) is 0 Å². The first kappa shape index (κ1) is 14.5. The van der Waals surface area contributed by atoms with Crippen molar-refractivity contribution in [2.24, 2.45) is 0 Å². The maximum absolute atomic E-state index is 11.5. The maximum atomic E-state index is 11.5. The Morgan fingerprint density at radius 3 is 2.94 bits per heavy atom. The lowest BCUT2D eigenvalue weighted by Gasteiger charge is -2.08. The molecular formula is C14H22N2O2. The number of carbonyl (C=O) groups excluding carboxylic acids is 1.